The van der Waals surface area contributed by atoms with Gasteiger partial charge in [-0.3, -0.25) is 14.5 Å². The van der Waals surface area contributed by atoms with Crippen molar-refractivity contribution in [3.63, 3.8) is 0 Å². The molecule has 0 saturated heterocycles. The van der Waals surface area contributed by atoms with Gasteiger partial charge < -0.3 is 0 Å². The van der Waals surface area contributed by atoms with Gasteiger partial charge in [0.1, 0.15) is 0 Å². The van der Waals surface area contributed by atoms with Crippen LogP contribution in [0.2, 0.25) is 0 Å². The number of carbonyl (C=O) groups excluding carboxylic acids is 2. The van der Waals surface area contributed by atoms with Gasteiger partial charge >= 0.3 is 0 Å². The number of nitrogens with zero attached hydrogens (tertiary/aromatic N) is 1. The summed E-state index contributed by atoms with van der Waals surface area (Å²) >= 11 is 5.51. The highest BCUT2D eigenvalue weighted by Crippen LogP contribution is 2.49. The van der Waals surface area contributed by atoms with Crippen LogP contribution in [0, 0.1) is 13.8 Å². The number of amides is 2. The Labute approximate surface area is 349 Å². The Balaban J connectivity index is 1.59. The van der Waals surface area contributed by atoms with Crippen molar-refractivity contribution in [1.82, 2.24) is 4.90 Å². The van der Waals surface area contributed by atoms with E-state index in [1.165, 1.54) is 178 Å². The molecule has 55 heavy (non-hydrogen) atoms. The molecule has 0 saturated carbocycles. The summed E-state index contributed by atoms with van der Waals surface area (Å²) in [6.45, 7) is 13.5. The zero-order valence-corrected chi connectivity index (χ0v) is 38.5. The Bertz CT molecular complexity index is 1540. The molecule has 3 aromatic rings. The molecule has 2 amide bonds. The first-order valence-corrected chi connectivity index (χ1v) is 25.5. The van der Waals surface area contributed by atoms with Crippen LogP contribution in [0.25, 0.3) is 19.5 Å². The molecule has 0 spiro atoms. The van der Waals surface area contributed by atoms with Gasteiger partial charge in [-0.2, -0.15) is 0 Å². The maximum atomic E-state index is 14.7. The molecule has 3 aromatic heterocycles. The summed E-state index contributed by atoms with van der Waals surface area (Å²) in [5.41, 5.74) is 4.30. The minimum atomic E-state index is -0.0237. The van der Waals surface area contributed by atoms with E-state index in [-0.39, 0.29) is 17.9 Å². The summed E-state index contributed by atoms with van der Waals surface area (Å²) in [4.78, 5) is 38.3. The maximum Gasteiger partial charge on any atom is 0.263 e. The Morgan fingerprint density at radius 3 is 1.40 bits per heavy atom. The number of unbranched alkanes of at least 4 members (excludes halogenated alkanes) is 20. The van der Waals surface area contributed by atoms with Gasteiger partial charge in [0.25, 0.3) is 11.8 Å². The second-order valence-corrected chi connectivity index (χ2v) is 20.2. The molecule has 3 nitrogen and oxygen atoms in total. The predicted molar refractivity (Wildman–Crippen MR) is 245 cm³/mol. The van der Waals surface area contributed by atoms with Gasteiger partial charge in [0, 0.05) is 30.4 Å². The highest BCUT2D eigenvalue weighted by atomic mass is 32.1. The summed E-state index contributed by atoms with van der Waals surface area (Å²) < 4.78 is 0. The minimum absolute atomic E-state index is 0.00245. The monoisotopic (exact) mass is 808 g/mol. The number of thiophene rings is 3. The van der Waals surface area contributed by atoms with Gasteiger partial charge in [0.05, 0.1) is 16.0 Å². The van der Waals surface area contributed by atoms with Crippen molar-refractivity contribution in [2.24, 2.45) is 0 Å². The zero-order valence-electron chi connectivity index (χ0n) is 36.0. The number of imide groups is 1. The Kier molecular flexibility index (Phi) is 21.4. The van der Waals surface area contributed by atoms with E-state index < -0.39 is 0 Å². The summed E-state index contributed by atoms with van der Waals surface area (Å²) in [7, 11) is 0. The first-order valence-electron chi connectivity index (χ1n) is 23.1. The third-order valence-corrected chi connectivity index (χ3v) is 15.7. The van der Waals surface area contributed by atoms with Crippen LogP contribution in [0.3, 0.4) is 0 Å². The number of hydrogen-bond acceptors (Lipinski definition) is 5. The lowest BCUT2D eigenvalue weighted by molar-refractivity contribution is 0.0563. The van der Waals surface area contributed by atoms with E-state index in [1.807, 2.05) is 22.7 Å². The molecule has 0 atom stereocenters. The van der Waals surface area contributed by atoms with Crippen LogP contribution in [-0.4, -0.2) is 22.8 Å². The summed E-state index contributed by atoms with van der Waals surface area (Å²) in [6, 6.07) is 4.92. The average molecular weight is 808 g/mol. The van der Waals surface area contributed by atoms with Gasteiger partial charge in [-0.15, -0.1) is 34.0 Å². The van der Waals surface area contributed by atoms with Gasteiger partial charge in [0.15, 0.2) is 0 Å². The van der Waals surface area contributed by atoms with E-state index in [4.69, 9.17) is 0 Å². The smallest absolute Gasteiger partial charge is 0.263 e. The van der Waals surface area contributed by atoms with Crippen molar-refractivity contribution in [3.05, 3.63) is 44.1 Å². The fraction of sp³-hybridized carbons (Fsp3) is 0.714. The topological polar surface area (TPSA) is 37.4 Å². The second kappa shape index (κ2) is 25.6. The van der Waals surface area contributed by atoms with E-state index in [2.05, 4.69) is 53.7 Å². The lowest BCUT2D eigenvalue weighted by Crippen LogP contribution is -2.40. The van der Waals surface area contributed by atoms with Crippen molar-refractivity contribution < 1.29 is 9.59 Å². The van der Waals surface area contributed by atoms with Crippen molar-refractivity contribution in [1.29, 1.82) is 0 Å². The molecular formula is C49H77NO2S3. The third kappa shape index (κ3) is 13.7. The number of hydrogen-bond donors (Lipinski definition) is 0. The molecule has 308 valence electrons. The van der Waals surface area contributed by atoms with Crippen LogP contribution in [0.5, 0.6) is 0 Å². The molecule has 0 bridgehead atoms. The van der Waals surface area contributed by atoms with E-state index >= 15 is 0 Å². The van der Waals surface area contributed by atoms with Crippen LogP contribution < -0.4 is 0 Å². The van der Waals surface area contributed by atoms with Gasteiger partial charge in [0.2, 0.25) is 0 Å². The molecular weight excluding hydrogens is 731 g/mol. The second-order valence-electron chi connectivity index (χ2n) is 16.7. The zero-order chi connectivity index (χ0) is 39.4. The Morgan fingerprint density at radius 1 is 0.455 bits per heavy atom. The largest absolute Gasteiger partial charge is 0.271 e. The van der Waals surface area contributed by atoms with Gasteiger partial charge in [-0.1, -0.05) is 169 Å². The van der Waals surface area contributed by atoms with Crippen LogP contribution in [0.1, 0.15) is 236 Å². The van der Waals surface area contributed by atoms with E-state index in [0.29, 0.717) is 11.1 Å². The maximum absolute atomic E-state index is 14.7. The van der Waals surface area contributed by atoms with E-state index in [0.717, 1.165) is 41.9 Å². The van der Waals surface area contributed by atoms with Crippen molar-refractivity contribution in [3.8, 4) is 19.5 Å². The average Bonchev–Trinajstić information content (AvgIpc) is 3.92. The molecule has 0 aliphatic carbocycles. The molecule has 0 fully saturated rings. The quantitative estimate of drug-likeness (QED) is 0.0480. The number of carbonyl (C=O) groups is 2. The molecule has 4 heterocycles. The lowest BCUT2D eigenvalue weighted by Gasteiger charge is -2.27. The van der Waals surface area contributed by atoms with Crippen molar-refractivity contribution in [2.45, 2.75) is 227 Å². The molecule has 0 aromatic carbocycles. The fourth-order valence-corrected chi connectivity index (χ4v) is 12.2. The molecule has 0 unspecified atom stereocenters. The molecule has 6 heteroatoms. The summed E-state index contributed by atoms with van der Waals surface area (Å²) in [5, 5.41) is 0. The fourth-order valence-electron chi connectivity index (χ4n) is 8.56. The molecule has 4 rings (SSSR count). The van der Waals surface area contributed by atoms with Gasteiger partial charge in [-0.05, 0) is 75.6 Å². The number of aryl methyl sites for hydroxylation is 4. The highest BCUT2D eigenvalue weighted by Gasteiger charge is 2.44. The minimum Gasteiger partial charge on any atom is -0.271 e. The molecule has 0 radical (unpaired) electrons. The lowest BCUT2D eigenvalue weighted by atomic mass is 9.98. The molecule has 1 aliphatic rings. The third-order valence-electron chi connectivity index (χ3n) is 12.0. The number of rotatable bonds is 31. The SMILES string of the molecule is CCCCCCCCc1cc(-c2cc(CCCCCCCC)c(-c3sc(C)c4c3C(=O)N(C(CCCCCCCC)CCCCCCCC)C4=O)s2)sc1C. The molecule has 1 aliphatic heterocycles. The standard InChI is InChI=1S/C49H77NO2S3/c1-7-11-15-19-23-27-31-39-35-42(53-37(39)5)43-36-40(32-28-24-20-16-12-8-2)46(55-43)47-45-44(38(6)54-47)48(51)50(49(45)52)41(33-29-25-21-17-13-9-3)34-30-26-22-18-14-10-4/h35-36,41H,7-34H2,1-6H3. The van der Waals surface area contributed by atoms with Crippen LogP contribution >= 0.6 is 34.0 Å². The summed E-state index contributed by atoms with van der Waals surface area (Å²) in [6.07, 6.45) is 34.4. The Morgan fingerprint density at radius 2 is 0.873 bits per heavy atom. The first kappa shape index (κ1) is 45.9. The van der Waals surface area contributed by atoms with Crippen molar-refractivity contribution in [2.75, 3.05) is 0 Å². The van der Waals surface area contributed by atoms with Crippen LogP contribution in [-0.2, 0) is 12.8 Å². The van der Waals surface area contributed by atoms with Gasteiger partial charge in [-0.25, -0.2) is 0 Å². The van der Waals surface area contributed by atoms with Crippen LogP contribution in [0.4, 0.5) is 0 Å². The van der Waals surface area contributed by atoms with E-state index in [9.17, 15) is 9.59 Å². The van der Waals surface area contributed by atoms with Crippen molar-refractivity contribution >= 4 is 45.8 Å². The number of fused-ring (bicyclic) bond motifs is 1. The van der Waals surface area contributed by atoms with E-state index in [1.54, 1.807) is 16.2 Å². The molecule has 0 N–H and O–H groups in total. The normalized spacial score (nSPS) is 13.0. The first-order chi connectivity index (χ1) is 26.9. The summed E-state index contributed by atoms with van der Waals surface area (Å²) in [5.74, 6) is -0.0422. The highest BCUT2D eigenvalue weighted by molar-refractivity contribution is 7.27. The van der Waals surface area contributed by atoms with Crippen LogP contribution in [0.15, 0.2) is 12.1 Å². The Hall–Kier alpha value is -1.76. The predicted octanol–water partition coefficient (Wildman–Crippen LogP) is 17.1.